The first-order chi connectivity index (χ1) is 12.9. The van der Waals surface area contributed by atoms with Gasteiger partial charge in [0.05, 0.1) is 11.1 Å². The maximum absolute atomic E-state index is 12.5. The fourth-order valence-corrected chi connectivity index (χ4v) is 3.75. The lowest BCUT2D eigenvalue weighted by atomic mass is 9.95. The van der Waals surface area contributed by atoms with E-state index in [4.69, 9.17) is 0 Å². The molecule has 0 saturated carbocycles. The summed E-state index contributed by atoms with van der Waals surface area (Å²) in [4.78, 5) is 25.4. The molecule has 27 heavy (non-hydrogen) atoms. The number of benzene rings is 1. The molecule has 0 bridgehead atoms. The summed E-state index contributed by atoms with van der Waals surface area (Å²) in [5, 5.41) is 13.9. The Kier molecular flexibility index (Phi) is 5.60. The average Bonchev–Trinajstić information content (AvgIpc) is 3.03. The van der Waals surface area contributed by atoms with Crippen LogP contribution >= 0.6 is 0 Å². The van der Waals surface area contributed by atoms with Gasteiger partial charge in [0.1, 0.15) is 5.69 Å². The zero-order chi connectivity index (χ0) is 19.6. The van der Waals surface area contributed by atoms with E-state index in [0.717, 1.165) is 19.5 Å². The summed E-state index contributed by atoms with van der Waals surface area (Å²) in [6, 6.07) is 10.0. The number of fused-ring (bicyclic) bond motifs is 1. The summed E-state index contributed by atoms with van der Waals surface area (Å²) in [5.74, 6) is 0.0898. The quantitative estimate of drug-likeness (QED) is 0.626. The molecule has 0 fully saturated rings. The lowest BCUT2D eigenvalue weighted by molar-refractivity contribution is -0.384. The number of hydrogen-bond donors (Lipinski definition) is 1. The number of nitrogens with zero attached hydrogens (tertiary/aromatic N) is 3. The van der Waals surface area contributed by atoms with Crippen LogP contribution in [0, 0.1) is 16.0 Å². The molecule has 1 atom stereocenters. The van der Waals surface area contributed by atoms with Crippen molar-refractivity contribution in [2.75, 3.05) is 13.1 Å². The number of aromatic nitrogens is 1. The number of hydrogen-bond acceptors (Lipinski definition) is 4. The number of carbonyl (C=O) groups excluding carboxylic acids is 1. The Bertz CT molecular complexity index is 844. The molecule has 1 N–H and O–H groups in total. The van der Waals surface area contributed by atoms with Crippen molar-refractivity contribution in [3.63, 3.8) is 0 Å². The van der Waals surface area contributed by atoms with Gasteiger partial charge in [-0.1, -0.05) is 38.1 Å². The number of amides is 1. The van der Waals surface area contributed by atoms with Crippen molar-refractivity contribution in [1.29, 1.82) is 0 Å². The maximum Gasteiger partial charge on any atom is 0.287 e. The van der Waals surface area contributed by atoms with Crippen molar-refractivity contribution in [2.24, 2.45) is 13.0 Å². The summed E-state index contributed by atoms with van der Waals surface area (Å²) in [7, 11) is 1.64. The van der Waals surface area contributed by atoms with Gasteiger partial charge in [-0.05, 0) is 23.5 Å². The van der Waals surface area contributed by atoms with Crippen LogP contribution in [-0.2, 0) is 20.0 Å². The summed E-state index contributed by atoms with van der Waals surface area (Å²) < 4.78 is 1.50. The second kappa shape index (κ2) is 7.92. The van der Waals surface area contributed by atoms with Gasteiger partial charge >= 0.3 is 0 Å². The predicted octanol–water partition coefficient (Wildman–Crippen LogP) is 2.75. The third-order valence-electron chi connectivity index (χ3n) is 5.30. The van der Waals surface area contributed by atoms with Crippen molar-refractivity contribution in [2.45, 2.75) is 32.9 Å². The molecule has 1 aromatic heterocycles. The predicted molar refractivity (Wildman–Crippen MR) is 104 cm³/mol. The average molecular weight is 370 g/mol. The Morgan fingerprint density at radius 3 is 2.63 bits per heavy atom. The highest BCUT2D eigenvalue weighted by atomic mass is 16.6. The van der Waals surface area contributed by atoms with E-state index in [1.54, 1.807) is 7.05 Å². The lowest BCUT2D eigenvalue weighted by Gasteiger charge is -2.38. The van der Waals surface area contributed by atoms with Crippen molar-refractivity contribution >= 4 is 11.6 Å². The van der Waals surface area contributed by atoms with E-state index in [2.05, 4.69) is 48.3 Å². The largest absolute Gasteiger partial charge is 0.349 e. The third kappa shape index (κ3) is 4.19. The molecule has 7 nitrogen and oxygen atoms in total. The number of carbonyl (C=O) groups is 1. The summed E-state index contributed by atoms with van der Waals surface area (Å²) in [6.07, 6.45) is 2.37. The van der Waals surface area contributed by atoms with E-state index in [1.165, 1.54) is 28.0 Å². The Morgan fingerprint density at radius 2 is 2.00 bits per heavy atom. The smallest absolute Gasteiger partial charge is 0.287 e. The van der Waals surface area contributed by atoms with Gasteiger partial charge in [0.2, 0.25) is 0 Å². The van der Waals surface area contributed by atoms with Crippen LogP contribution in [0.15, 0.2) is 36.5 Å². The van der Waals surface area contributed by atoms with Crippen LogP contribution < -0.4 is 5.32 Å². The van der Waals surface area contributed by atoms with Gasteiger partial charge in [-0.15, -0.1) is 0 Å². The molecule has 1 aliphatic rings. The monoisotopic (exact) mass is 370 g/mol. The fraction of sp³-hybridized carbons (Fsp3) is 0.450. The van der Waals surface area contributed by atoms with E-state index in [-0.39, 0.29) is 17.6 Å². The van der Waals surface area contributed by atoms with Crippen LogP contribution in [0.4, 0.5) is 5.69 Å². The molecule has 2 heterocycles. The van der Waals surface area contributed by atoms with Crippen molar-refractivity contribution in [3.05, 3.63) is 63.5 Å². The first-order valence-electron chi connectivity index (χ1n) is 9.26. The van der Waals surface area contributed by atoms with Gasteiger partial charge in [0.15, 0.2) is 0 Å². The highest BCUT2D eigenvalue weighted by molar-refractivity contribution is 5.93. The van der Waals surface area contributed by atoms with Crippen LogP contribution in [0.2, 0.25) is 0 Å². The molecular weight excluding hydrogens is 344 g/mol. The molecule has 7 heteroatoms. The minimum Gasteiger partial charge on any atom is -0.349 e. The Hall–Kier alpha value is -2.67. The van der Waals surface area contributed by atoms with Crippen LogP contribution in [-0.4, -0.2) is 39.4 Å². The fourth-order valence-electron chi connectivity index (χ4n) is 3.75. The second-order valence-corrected chi connectivity index (χ2v) is 7.46. The Morgan fingerprint density at radius 1 is 1.30 bits per heavy atom. The van der Waals surface area contributed by atoms with Crippen LogP contribution in [0.3, 0.4) is 0 Å². The molecule has 1 amide bonds. The standard InChI is InChI=1S/C20H26N4O3/c1-14(2)19(23-9-8-15-6-4-5-7-16(15)12-23)11-21-20(25)18-10-17(24(26)27)13-22(18)3/h4-7,10,13-14,19H,8-9,11-12H2,1-3H3,(H,21,25)/t19-/m0/s1. The van der Waals surface area contributed by atoms with Gasteiger partial charge in [0.25, 0.3) is 11.6 Å². The Labute approximate surface area is 159 Å². The maximum atomic E-state index is 12.5. The summed E-state index contributed by atoms with van der Waals surface area (Å²) in [6.45, 7) is 6.67. The molecule has 0 radical (unpaired) electrons. The molecule has 0 aliphatic carbocycles. The van der Waals surface area contributed by atoms with E-state index < -0.39 is 4.92 Å². The first kappa shape index (κ1) is 19.1. The molecule has 0 unspecified atom stereocenters. The van der Waals surface area contributed by atoms with Gasteiger partial charge in [0, 0.05) is 38.8 Å². The van der Waals surface area contributed by atoms with Crippen LogP contribution in [0.25, 0.3) is 0 Å². The summed E-state index contributed by atoms with van der Waals surface area (Å²) >= 11 is 0. The van der Waals surface area contributed by atoms with Crippen LogP contribution in [0.1, 0.15) is 35.5 Å². The van der Waals surface area contributed by atoms with Crippen molar-refractivity contribution in [1.82, 2.24) is 14.8 Å². The summed E-state index contributed by atoms with van der Waals surface area (Å²) in [5.41, 5.74) is 2.97. The molecule has 0 spiro atoms. The lowest BCUT2D eigenvalue weighted by Crippen LogP contribution is -2.48. The highest BCUT2D eigenvalue weighted by Crippen LogP contribution is 2.23. The highest BCUT2D eigenvalue weighted by Gasteiger charge is 2.27. The number of aryl methyl sites for hydroxylation is 1. The van der Waals surface area contributed by atoms with Gasteiger partial charge in [-0.25, -0.2) is 0 Å². The minimum atomic E-state index is -0.487. The number of rotatable bonds is 6. The van der Waals surface area contributed by atoms with Gasteiger partial charge in [-0.2, -0.15) is 0 Å². The topological polar surface area (TPSA) is 80.4 Å². The normalized spacial score (nSPS) is 15.4. The zero-order valence-electron chi connectivity index (χ0n) is 16.0. The number of nitro groups is 1. The van der Waals surface area contributed by atoms with Crippen LogP contribution in [0.5, 0.6) is 0 Å². The van der Waals surface area contributed by atoms with Crippen molar-refractivity contribution < 1.29 is 9.72 Å². The first-order valence-corrected chi connectivity index (χ1v) is 9.26. The molecule has 1 aliphatic heterocycles. The van der Waals surface area contributed by atoms with E-state index in [0.29, 0.717) is 18.2 Å². The van der Waals surface area contributed by atoms with Gasteiger partial charge in [-0.3, -0.25) is 19.8 Å². The van der Waals surface area contributed by atoms with E-state index in [1.807, 2.05) is 0 Å². The van der Waals surface area contributed by atoms with E-state index in [9.17, 15) is 14.9 Å². The van der Waals surface area contributed by atoms with Gasteiger partial charge < -0.3 is 9.88 Å². The van der Waals surface area contributed by atoms with Crippen molar-refractivity contribution in [3.8, 4) is 0 Å². The second-order valence-electron chi connectivity index (χ2n) is 7.46. The number of nitrogens with one attached hydrogen (secondary N) is 1. The van der Waals surface area contributed by atoms with E-state index >= 15 is 0 Å². The third-order valence-corrected chi connectivity index (χ3v) is 5.30. The molecule has 0 saturated heterocycles. The zero-order valence-corrected chi connectivity index (χ0v) is 16.0. The molecule has 1 aromatic carbocycles. The molecule has 2 aromatic rings. The molecule has 144 valence electrons. The molecule has 3 rings (SSSR count). The SMILES string of the molecule is CC(C)[C@H](CNC(=O)c1cc([N+](=O)[O-])cn1C)N1CCc2ccccc2C1. The minimum absolute atomic E-state index is 0.0734. The molecular formula is C20H26N4O3. The Balaban J connectivity index is 1.67.